The monoisotopic (exact) mass is 248 g/mol. The predicted octanol–water partition coefficient (Wildman–Crippen LogP) is 3.55. The van der Waals surface area contributed by atoms with Gasteiger partial charge in [-0.3, -0.25) is 0 Å². The maximum atomic E-state index is 11.0. The van der Waals surface area contributed by atoms with Crippen LogP contribution in [-0.4, -0.2) is 15.6 Å². The molecule has 0 radical (unpaired) electrons. The van der Waals surface area contributed by atoms with Crippen molar-refractivity contribution in [2.24, 2.45) is 0 Å². The van der Waals surface area contributed by atoms with Crippen molar-refractivity contribution in [3.8, 4) is 0 Å². The first-order valence-corrected chi connectivity index (χ1v) is 7.47. The quantitative estimate of drug-likeness (QED) is 0.820. The Morgan fingerprint density at radius 2 is 1.82 bits per heavy atom. The predicted molar refractivity (Wildman–Crippen MR) is 73.4 cm³/mol. The average molecular weight is 248 g/mol. The molecule has 1 nitrogen and oxygen atoms in total. The molecule has 1 N–H and O–H groups in total. The van der Waals surface area contributed by atoms with Crippen LogP contribution < -0.4 is 0 Å². The second-order valence-corrected chi connectivity index (χ2v) is 7.25. The molecule has 0 spiro atoms. The Morgan fingerprint density at radius 1 is 1.18 bits per heavy atom. The minimum atomic E-state index is -0.562. The summed E-state index contributed by atoms with van der Waals surface area (Å²) in [4.78, 5) is 0. The van der Waals surface area contributed by atoms with E-state index in [2.05, 4.69) is 43.8 Å². The summed E-state index contributed by atoms with van der Waals surface area (Å²) in [7, 11) is 0. The Balaban J connectivity index is 2.00. The zero-order valence-electron chi connectivity index (χ0n) is 10.6. The van der Waals surface area contributed by atoms with E-state index < -0.39 is 5.60 Å². The minimum absolute atomic E-state index is 0.562. The van der Waals surface area contributed by atoms with Crippen LogP contribution >= 0.6 is 11.8 Å². The molecule has 0 aliphatic carbocycles. The van der Waals surface area contributed by atoms with Crippen LogP contribution in [0.15, 0.2) is 18.2 Å². The molecule has 0 aromatic heterocycles. The number of benzene rings is 1. The van der Waals surface area contributed by atoms with Crippen molar-refractivity contribution < 1.29 is 5.11 Å². The lowest BCUT2D eigenvalue weighted by molar-refractivity contribution is 0.0190. The average Bonchev–Trinajstić information content (AvgIpc) is 2.62. The van der Waals surface area contributed by atoms with Crippen LogP contribution in [0.1, 0.15) is 42.4 Å². The van der Waals surface area contributed by atoms with Crippen LogP contribution in [0.2, 0.25) is 0 Å². The zero-order chi connectivity index (χ0) is 12.0. The van der Waals surface area contributed by atoms with Crippen molar-refractivity contribution in [2.75, 3.05) is 0 Å². The lowest BCUT2D eigenvalue weighted by Gasteiger charge is -2.37. The third kappa shape index (κ3) is 1.92. The molecule has 2 heterocycles. The summed E-state index contributed by atoms with van der Waals surface area (Å²) in [6.07, 6.45) is 4.47. The van der Waals surface area contributed by atoms with Gasteiger partial charge in [0.1, 0.15) is 0 Å². The first-order chi connectivity index (χ1) is 8.08. The van der Waals surface area contributed by atoms with E-state index in [9.17, 15) is 5.11 Å². The molecular weight excluding hydrogens is 228 g/mol. The number of hydrogen-bond acceptors (Lipinski definition) is 2. The van der Waals surface area contributed by atoms with Crippen molar-refractivity contribution >= 4 is 11.8 Å². The van der Waals surface area contributed by atoms with Crippen molar-refractivity contribution in [3.63, 3.8) is 0 Å². The molecule has 2 atom stereocenters. The Hall–Kier alpha value is -0.470. The van der Waals surface area contributed by atoms with Gasteiger partial charge in [-0.1, -0.05) is 18.2 Å². The topological polar surface area (TPSA) is 20.2 Å². The highest BCUT2D eigenvalue weighted by Crippen LogP contribution is 2.51. The summed E-state index contributed by atoms with van der Waals surface area (Å²) in [5.74, 6) is 0. The fourth-order valence-electron chi connectivity index (χ4n) is 3.39. The van der Waals surface area contributed by atoms with Gasteiger partial charge >= 0.3 is 0 Å². The zero-order valence-corrected chi connectivity index (χ0v) is 11.4. The Labute approximate surface area is 108 Å². The normalized spacial score (nSPS) is 36.2. The number of aliphatic hydroxyl groups is 1. The van der Waals surface area contributed by atoms with Crippen LogP contribution in [0.25, 0.3) is 0 Å². The fraction of sp³-hybridized carbons (Fsp3) is 0.600. The van der Waals surface area contributed by atoms with Gasteiger partial charge in [0.2, 0.25) is 0 Å². The third-order valence-corrected chi connectivity index (χ3v) is 6.01. The summed E-state index contributed by atoms with van der Waals surface area (Å²) in [6, 6.07) is 6.34. The van der Waals surface area contributed by atoms with E-state index in [4.69, 9.17) is 0 Å². The molecule has 92 valence electrons. The van der Waals surface area contributed by atoms with Gasteiger partial charge in [-0.05, 0) is 56.2 Å². The van der Waals surface area contributed by atoms with Gasteiger partial charge in [0.05, 0.1) is 5.60 Å². The largest absolute Gasteiger partial charge is 0.385 e. The summed E-state index contributed by atoms with van der Waals surface area (Å²) >= 11 is 2.10. The first-order valence-electron chi connectivity index (χ1n) is 6.53. The van der Waals surface area contributed by atoms with E-state index >= 15 is 0 Å². The summed E-state index contributed by atoms with van der Waals surface area (Å²) in [5.41, 5.74) is 3.19. The van der Waals surface area contributed by atoms with E-state index in [0.29, 0.717) is 10.5 Å². The number of hydrogen-bond donors (Lipinski definition) is 1. The Bertz CT molecular complexity index is 429. The van der Waals surface area contributed by atoms with Gasteiger partial charge in [0.25, 0.3) is 0 Å². The van der Waals surface area contributed by atoms with Crippen LogP contribution in [-0.2, 0) is 5.60 Å². The van der Waals surface area contributed by atoms with E-state index in [1.807, 2.05) is 0 Å². The van der Waals surface area contributed by atoms with Crippen LogP contribution in [0.4, 0.5) is 0 Å². The highest BCUT2D eigenvalue weighted by Gasteiger charge is 2.44. The van der Waals surface area contributed by atoms with E-state index in [0.717, 1.165) is 12.8 Å². The van der Waals surface area contributed by atoms with E-state index in [-0.39, 0.29) is 0 Å². The maximum absolute atomic E-state index is 11.0. The SMILES string of the molecule is Cc1cccc(C2(O)CC3CCC(C2)S3)c1C. The molecule has 2 aliphatic rings. The van der Waals surface area contributed by atoms with Crippen molar-refractivity contribution in [1.82, 2.24) is 0 Å². The molecule has 0 saturated carbocycles. The van der Waals surface area contributed by atoms with Gasteiger partial charge in [0, 0.05) is 10.5 Å². The molecule has 2 fully saturated rings. The highest BCUT2D eigenvalue weighted by atomic mass is 32.2. The van der Waals surface area contributed by atoms with Crippen LogP contribution in [0, 0.1) is 13.8 Å². The lowest BCUT2D eigenvalue weighted by Crippen LogP contribution is -2.35. The molecule has 2 bridgehead atoms. The van der Waals surface area contributed by atoms with Crippen LogP contribution in [0.5, 0.6) is 0 Å². The number of fused-ring (bicyclic) bond motifs is 2. The summed E-state index contributed by atoms with van der Waals surface area (Å²) in [6.45, 7) is 4.28. The molecular formula is C15H20OS. The van der Waals surface area contributed by atoms with E-state index in [1.54, 1.807) is 0 Å². The van der Waals surface area contributed by atoms with Gasteiger partial charge < -0.3 is 5.11 Å². The first kappa shape index (κ1) is 11.6. The molecule has 2 heteroatoms. The van der Waals surface area contributed by atoms with E-state index in [1.165, 1.54) is 29.5 Å². The molecule has 0 amide bonds. The van der Waals surface area contributed by atoms with Crippen molar-refractivity contribution in [1.29, 1.82) is 0 Å². The summed E-state index contributed by atoms with van der Waals surface area (Å²) in [5, 5.41) is 12.4. The smallest absolute Gasteiger partial charge is 0.0920 e. The summed E-state index contributed by atoms with van der Waals surface area (Å²) < 4.78 is 0. The van der Waals surface area contributed by atoms with Crippen molar-refractivity contribution in [3.05, 3.63) is 34.9 Å². The Morgan fingerprint density at radius 3 is 2.47 bits per heavy atom. The number of aryl methyl sites for hydroxylation is 1. The molecule has 2 aliphatic heterocycles. The van der Waals surface area contributed by atoms with Crippen LogP contribution in [0.3, 0.4) is 0 Å². The lowest BCUT2D eigenvalue weighted by atomic mass is 9.82. The minimum Gasteiger partial charge on any atom is -0.385 e. The molecule has 2 saturated heterocycles. The molecule has 3 rings (SSSR count). The standard InChI is InChI=1S/C15H20OS/c1-10-4-3-5-14(11(10)2)15(16)8-12-6-7-13(9-15)17-12/h3-5,12-13,16H,6-9H2,1-2H3. The Kier molecular flexibility index (Phi) is 2.75. The molecule has 2 unspecified atom stereocenters. The second kappa shape index (κ2) is 4.03. The van der Waals surface area contributed by atoms with Gasteiger partial charge in [0.15, 0.2) is 0 Å². The maximum Gasteiger partial charge on any atom is 0.0920 e. The van der Waals surface area contributed by atoms with Gasteiger partial charge in [-0.2, -0.15) is 11.8 Å². The molecule has 17 heavy (non-hydrogen) atoms. The number of rotatable bonds is 1. The third-order valence-electron chi connectivity index (χ3n) is 4.43. The van der Waals surface area contributed by atoms with Gasteiger partial charge in [-0.25, -0.2) is 0 Å². The molecule has 1 aromatic rings. The fourth-order valence-corrected chi connectivity index (χ4v) is 5.22. The number of thioether (sulfide) groups is 1. The van der Waals surface area contributed by atoms with Gasteiger partial charge in [-0.15, -0.1) is 0 Å². The molecule has 1 aromatic carbocycles. The highest BCUT2D eigenvalue weighted by molar-refractivity contribution is 8.00. The van der Waals surface area contributed by atoms with Crippen molar-refractivity contribution in [2.45, 2.75) is 55.6 Å². The second-order valence-electron chi connectivity index (χ2n) is 5.64.